The topological polar surface area (TPSA) is 81.8 Å². The minimum Gasteiger partial charge on any atom is -0.442 e. The fourth-order valence-electron chi connectivity index (χ4n) is 3.26. The van der Waals surface area contributed by atoms with Gasteiger partial charge in [-0.1, -0.05) is 30.3 Å². The van der Waals surface area contributed by atoms with Gasteiger partial charge in [-0.15, -0.1) is 0 Å². The molecule has 1 aliphatic carbocycles. The average molecular weight is 293 g/mol. The Labute approximate surface area is 125 Å². The standard InChI is InChI=1S/C16H23NO4/c1-20-14-7-8-16(21-15(17)19,13(9-14)11-18)10-12-5-3-2-4-6-12/h2-6,13-14,18H,7-11H2,1H3,(H2,17,19)/t13-,14-,16+/m1/s1. The van der Waals surface area contributed by atoms with Crippen molar-refractivity contribution in [3.05, 3.63) is 35.9 Å². The molecule has 0 aliphatic heterocycles. The first-order chi connectivity index (χ1) is 10.1. The Balaban J connectivity index is 2.25. The van der Waals surface area contributed by atoms with Crippen LogP contribution in [0.3, 0.4) is 0 Å². The zero-order valence-corrected chi connectivity index (χ0v) is 12.3. The number of hydrogen-bond donors (Lipinski definition) is 2. The molecule has 5 heteroatoms. The largest absolute Gasteiger partial charge is 0.442 e. The SMILES string of the molecule is CO[C@@H]1CC[C@@](Cc2ccccc2)(OC(N)=O)[C@@H](CO)C1. The van der Waals surface area contributed by atoms with Crippen LogP contribution in [0.25, 0.3) is 0 Å². The van der Waals surface area contributed by atoms with Crippen molar-refractivity contribution in [2.24, 2.45) is 11.7 Å². The Morgan fingerprint density at radius 2 is 2.14 bits per heavy atom. The van der Waals surface area contributed by atoms with E-state index in [9.17, 15) is 9.90 Å². The Morgan fingerprint density at radius 3 is 2.71 bits per heavy atom. The van der Waals surface area contributed by atoms with Crippen LogP contribution in [0.1, 0.15) is 24.8 Å². The third-order valence-corrected chi connectivity index (χ3v) is 4.38. The highest BCUT2D eigenvalue weighted by Gasteiger charge is 2.46. The number of benzene rings is 1. The van der Waals surface area contributed by atoms with Crippen molar-refractivity contribution >= 4 is 6.09 Å². The molecular formula is C16H23NO4. The third-order valence-electron chi connectivity index (χ3n) is 4.38. The molecule has 5 nitrogen and oxygen atoms in total. The molecule has 0 radical (unpaired) electrons. The van der Waals surface area contributed by atoms with E-state index in [4.69, 9.17) is 15.2 Å². The number of nitrogens with two attached hydrogens (primary N) is 1. The number of rotatable bonds is 5. The lowest BCUT2D eigenvalue weighted by Gasteiger charge is -2.44. The van der Waals surface area contributed by atoms with Crippen molar-refractivity contribution in [1.29, 1.82) is 0 Å². The van der Waals surface area contributed by atoms with Crippen LogP contribution in [0.15, 0.2) is 30.3 Å². The molecule has 2 rings (SSSR count). The molecule has 0 spiro atoms. The summed E-state index contributed by atoms with van der Waals surface area (Å²) in [7, 11) is 1.66. The molecule has 1 aromatic rings. The molecule has 0 saturated heterocycles. The van der Waals surface area contributed by atoms with Gasteiger partial charge in [0.05, 0.1) is 6.10 Å². The van der Waals surface area contributed by atoms with Gasteiger partial charge in [-0.2, -0.15) is 0 Å². The van der Waals surface area contributed by atoms with Crippen molar-refractivity contribution in [3.63, 3.8) is 0 Å². The van der Waals surface area contributed by atoms with Crippen LogP contribution in [0.5, 0.6) is 0 Å². The molecule has 1 amide bonds. The van der Waals surface area contributed by atoms with Gasteiger partial charge in [0.15, 0.2) is 0 Å². The highest BCUT2D eigenvalue weighted by Crippen LogP contribution is 2.40. The molecule has 1 saturated carbocycles. The molecule has 1 fully saturated rings. The normalized spacial score (nSPS) is 29.0. The summed E-state index contributed by atoms with van der Waals surface area (Å²) in [5, 5.41) is 9.74. The van der Waals surface area contributed by atoms with Crippen molar-refractivity contribution in [3.8, 4) is 0 Å². The van der Waals surface area contributed by atoms with Crippen molar-refractivity contribution in [1.82, 2.24) is 0 Å². The molecule has 1 aromatic carbocycles. The average Bonchev–Trinajstić information content (AvgIpc) is 2.48. The summed E-state index contributed by atoms with van der Waals surface area (Å²) >= 11 is 0. The third kappa shape index (κ3) is 3.74. The van der Waals surface area contributed by atoms with Crippen LogP contribution in [0.4, 0.5) is 4.79 Å². The zero-order chi connectivity index (χ0) is 15.3. The lowest BCUT2D eigenvalue weighted by atomic mass is 9.71. The van der Waals surface area contributed by atoms with Crippen LogP contribution in [0, 0.1) is 5.92 Å². The van der Waals surface area contributed by atoms with Gasteiger partial charge < -0.3 is 20.3 Å². The highest BCUT2D eigenvalue weighted by atomic mass is 16.6. The van der Waals surface area contributed by atoms with E-state index >= 15 is 0 Å². The second-order valence-corrected chi connectivity index (χ2v) is 5.66. The number of aliphatic hydroxyl groups excluding tert-OH is 1. The van der Waals surface area contributed by atoms with Gasteiger partial charge in [-0.05, 0) is 24.8 Å². The summed E-state index contributed by atoms with van der Waals surface area (Å²) in [5.74, 6) is -0.177. The first-order valence-electron chi connectivity index (χ1n) is 7.25. The van der Waals surface area contributed by atoms with E-state index in [1.54, 1.807) is 7.11 Å². The number of carbonyl (C=O) groups excluding carboxylic acids is 1. The Morgan fingerprint density at radius 1 is 1.43 bits per heavy atom. The smallest absolute Gasteiger partial charge is 0.405 e. The second kappa shape index (κ2) is 6.91. The van der Waals surface area contributed by atoms with E-state index in [-0.39, 0.29) is 18.6 Å². The van der Waals surface area contributed by atoms with Crippen LogP contribution >= 0.6 is 0 Å². The number of ether oxygens (including phenoxy) is 2. The fraction of sp³-hybridized carbons (Fsp3) is 0.562. The number of carbonyl (C=O) groups is 1. The van der Waals surface area contributed by atoms with E-state index in [1.807, 2.05) is 30.3 Å². The van der Waals surface area contributed by atoms with Gasteiger partial charge in [-0.25, -0.2) is 4.79 Å². The van der Waals surface area contributed by atoms with Crippen molar-refractivity contribution in [2.75, 3.05) is 13.7 Å². The first kappa shape index (κ1) is 15.8. The fourth-order valence-corrected chi connectivity index (χ4v) is 3.26. The van der Waals surface area contributed by atoms with Gasteiger partial charge in [0.1, 0.15) is 5.60 Å². The number of methoxy groups -OCH3 is 1. The minimum atomic E-state index is -0.791. The van der Waals surface area contributed by atoms with E-state index in [1.165, 1.54) is 0 Å². The number of aliphatic hydroxyl groups is 1. The Bertz CT molecular complexity index is 465. The van der Waals surface area contributed by atoms with Crippen molar-refractivity contribution in [2.45, 2.75) is 37.4 Å². The van der Waals surface area contributed by atoms with Gasteiger partial charge in [0.2, 0.25) is 0 Å². The summed E-state index contributed by atoms with van der Waals surface area (Å²) in [6, 6.07) is 9.81. The molecule has 1 aliphatic rings. The maximum absolute atomic E-state index is 11.4. The highest BCUT2D eigenvalue weighted by molar-refractivity contribution is 5.65. The number of primary amides is 1. The monoisotopic (exact) mass is 293 g/mol. The summed E-state index contributed by atoms with van der Waals surface area (Å²) in [6.45, 7) is -0.0556. The van der Waals surface area contributed by atoms with Crippen LogP contribution in [-0.2, 0) is 15.9 Å². The molecule has 0 heterocycles. The predicted octanol–water partition coefficient (Wildman–Crippen LogP) is 1.87. The molecular weight excluding hydrogens is 270 g/mol. The Kier molecular flexibility index (Phi) is 5.20. The summed E-state index contributed by atoms with van der Waals surface area (Å²) < 4.78 is 10.9. The van der Waals surface area contributed by atoms with Gasteiger partial charge in [0.25, 0.3) is 0 Å². The maximum atomic E-state index is 11.4. The number of amides is 1. The van der Waals surface area contributed by atoms with Crippen LogP contribution in [0.2, 0.25) is 0 Å². The molecule has 0 bridgehead atoms. The Hall–Kier alpha value is -1.59. The van der Waals surface area contributed by atoms with E-state index in [0.29, 0.717) is 19.3 Å². The first-order valence-corrected chi connectivity index (χ1v) is 7.25. The zero-order valence-electron chi connectivity index (χ0n) is 12.3. The van der Waals surface area contributed by atoms with E-state index < -0.39 is 11.7 Å². The lowest BCUT2D eigenvalue weighted by molar-refractivity contribution is -0.105. The summed E-state index contributed by atoms with van der Waals surface area (Å²) in [4.78, 5) is 11.4. The lowest BCUT2D eigenvalue weighted by Crippen LogP contribution is -2.52. The number of hydrogen-bond acceptors (Lipinski definition) is 4. The maximum Gasteiger partial charge on any atom is 0.405 e. The quantitative estimate of drug-likeness (QED) is 0.868. The molecule has 3 N–H and O–H groups in total. The molecule has 0 aromatic heterocycles. The summed E-state index contributed by atoms with van der Waals surface area (Å²) in [6.07, 6.45) is 1.93. The molecule has 21 heavy (non-hydrogen) atoms. The van der Waals surface area contributed by atoms with E-state index in [2.05, 4.69) is 0 Å². The van der Waals surface area contributed by atoms with Gasteiger partial charge in [-0.3, -0.25) is 0 Å². The molecule has 0 unspecified atom stereocenters. The predicted molar refractivity (Wildman–Crippen MR) is 78.8 cm³/mol. The van der Waals surface area contributed by atoms with Gasteiger partial charge >= 0.3 is 6.09 Å². The van der Waals surface area contributed by atoms with Crippen molar-refractivity contribution < 1.29 is 19.4 Å². The van der Waals surface area contributed by atoms with Crippen LogP contribution in [-0.4, -0.2) is 36.6 Å². The molecule has 3 atom stereocenters. The minimum absolute atomic E-state index is 0.0556. The second-order valence-electron chi connectivity index (χ2n) is 5.66. The molecule has 116 valence electrons. The van der Waals surface area contributed by atoms with E-state index in [0.717, 1.165) is 12.0 Å². The van der Waals surface area contributed by atoms with Gasteiger partial charge in [0, 0.05) is 26.1 Å². The van der Waals surface area contributed by atoms with Crippen LogP contribution < -0.4 is 5.73 Å². The summed E-state index contributed by atoms with van der Waals surface area (Å²) in [5.41, 5.74) is 5.58.